The zero-order valence-electron chi connectivity index (χ0n) is 20.3. The molecule has 0 N–H and O–H groups in total. The molecule has 0 saturated carbocycles. The van der Waals surface area contributed by atoms with Crippen LogP contribution >= 0.6 is 0 Å². The van der Waals surface area contributed by atoms with Crippen LogP contribution in [0.25, 0.3) is 0 Å². The molecule has 0 bridgehead atoms. The molecule has 178 valence electrons. The normalized spacial score (nSPS) is 11.8. The summed E-state index contributed by atoms with van der Waals surface area (Å²) in [5, 5.41) is 0. The number of hydrogen-bond donors (Lipinski definition) is 0. The molecule has 4 heteroatoms. The van der Waals surface area contributed by atoms with Crippen molar-refractivity contribution < 1.29 is 19.1 Å². The van der Waals surface area contributed by atoms with Crippen molar-refractivity contribution in [1.82, 2.24) is 0 Å². The Labute approximate surface area is 199 Å². The van der Waals surface area contributed by atoms with Crippen molar-refractivity contribution in [3.8, 4) is 11.5 Å². The molecule has 2 aromatic carbocycles. The summed E-state index contributed by atoms with van der Waals surface area (Å²) >= 11 is 0. The Kier molecular flexibility index (Phi) is 11.4. The largest absolute Gasteiger partial charge is 0.497 e. The van der Waals surface area contributed by atoms with Gasteiger partial charge in [-0.1, -0.05) is 57.9 Å². The van der Waals surface area contributed by atoms with E-state index in [-0.39, 0.29) is 17.5 Å². The van der Waals surface area contributed by atoms with E-state index >= 15 is 0 Å². The van der Waals surface area contributed by atoms with Crippen LogP contribution in [-0.4, -0.2) is 25.8 Å². The van der Waals surface area contributed by atoms with Crippen LogP contribution in [0.1, 0.15) is 79.0 Å². The third-order valence-electron chi connectivity index (χ3n) is 6.19. The molecule has 1 atom stereocenters. The Morgan fingerprint density at radius 1 is 0.758 bits per heavy atom. The van der Waals surface area contributed by atoms with Crippen molar-refractivity contribution in [3.63, 3.8) is 0 Å². The highest BCUT2D eigenvalue weighted by atomic mass is 16.5. The number of methoxy groups -OCH3 is 2. The lowest BCUT2D eigenvalue weighted by Gasteiger charge is -2.23. The van der Waals surface area contributed by atoms with E-state index in [0.29, 0.717) is 22.6 Å². The van der Waals surface area contributed by atoms with Gasteiger partial charge in [-0.3, -0.25) is 9.59 Å². The molecule has 33 heavy (non-hydrogen) atoms. The summed E-state index contributed by atoms with van der Waals surface area (Å²) in [6.45, 7) is 6.20. The van der Waals surface area contributed by atoms with Gasteiger partial charge < -0.3 is 9.47 Å². The van der Waals surface area contributed by atoms with E-state index in [1.807, 2.05) is 0 Å². The van der Waals surface area contributed by atoms with Gasteiger partial charge in [-0.25, -0.2) is 0 Å². The molecule has 0 aliphatic rings. The molecular formula is C29H38O4. The van der Waals surface area contributed by atoms with E-state index in [1.54, 1.807) is 68.8 Å². The van der Waals surface area contributed by atoms with Crippen LogP contribution in [0.2, 0.25) is 0 Å². The highest BCUT2D eigenvalue weighted by Crippen LogP contribution is 2.29. The third kappa shape index (κ3) is 7.88. The van der Waals surface area contributed by atoms with Crippen LogP contribution in [0, 0.1) is 11.8 Å². The molecule has 0 spiro atoms. The highest BCUT2D eigenvalue weighted by molar-refractivity contribution is 6.16. The van der Waals surface area contributed by atoms with Crippen LogP contribution < -0.4 is 9.47 Å². The summed E-state index contributed by atoms with van der Waals surface area (Å²) in [7, 11) is 3.17. The maximum absolute atomic E-state index is 13.6. The fourth-order valence-corrected chi connectivity index (χ4v) is 4.14. The van der Waals surface area contributed by atoms with Crippen molar-refractivity contribution >= 4 is 11.6 Å². The van der Waals surface area contributed by atoms with Crippen LogP contribution in [0.4, 0.5) is 0 Å². The van der Waals surface area contributed by atoms with Gasteiger partial charge in [0.25, 0.3) is 0 Å². The summed E-state index contributed by atoms with van der Waals surface area (Å²) in [6, 6.07) is 13.9. The summed E-state index contributed by atoms with van der Waals surface area (Å²) in [5.74, 6) is -0.0206. The average molecular weight is 451 g/mol. The topological polar surface area (TPSA) is 52.6 Å². The van der Waals surface area contributed by atoms with Crippen molar-refractivity contribution in [3.05, 3.63) is 72.3 Å². The minimum atomic E-state index is -0.801. The monoisotopic (exact) mass is 450 g/mol. The number of hydrogen-bond acceptors (Lipinski definition) is 4. The van der Waals surface area contributed by atoms with Gasteiger partial charge in [-0.2, -0.15) is 0 Å². The van der Waals surface area contributed by atoms with Crippen LogP contribution in [0.5, 0.6) is 11.5 Å². The maximum Gasteiger partial charge on any atom is 0.174 e. The van der Waals surface area contributed by atoms with Crippen LogP contribution in [0.15, 0.2) is 61.2 Å². The lowest BCUT2D eigenvalue weighted by molar-refractivity contribution is 0.0765. The molecule has 2 rings (SSSR count). The predicted octanol–water partition coefficient (Wildman–Crippen LogP) is 7.33. The van der Waals surface area contributed by atoms with Crippen LogP contribution in [0.3, 0.4) is 0 Å². The second-order valence-corrected chi connectivity index (χ2v) is 8.47. The zero-order valence-corrected chi connectivity index (χ0v) is 20.3. The summed E-state index contributed by atoms with van der Waals surface area (Å²) < 4.78 is 10.4. The molecule has 4 nitrogen and oxygen atoms in total. The molecule has 0 fully saturated rings. The second-order valence-electron chi connectivity index (χ2n) is 8.47. The van der Waals surface area contributed by atoms with Gasteiger partial charge in [0.2, 0.25) is 0 Å². The lowest BCUT2D eigenvalue weighted by Crippen LogP contribution is -2.31. The maximum atomic E-state index is 13.6. The fraction of sp³-hybridized carbons (Fsp3) is 0.448. The number of unbranched alkanes of at least 4 members (excludes halogenated alkanes) is 6. The van der Waals surface area contributed by atoms with E-state index in [1.165, 1.54) is 32.1 Å². The zero-order chi connectivity index (χ0) is 24.1. The number of rotatable bonds is 16. The SMILES string of the molecule is C=CC(CCCCCCCCC)C(C(=O)c1ccc(OC)cc1)C(=O)c1ccc(OC)cc1. The molecule has 1 unspecified atom stereocenters. The Bertz CT molecular complexity index is 808. The Morgan fingerprint density at radius 2 is 1.18 bits per heavy atom. The first-order chi connectivity index (χ1) is 16.0. The minimum Gasteiger partial charge on any atom is -0.497 e. The van der Waals surface area contributed by atoms with E-state index < -0.39 is 5.92 Å². The lowest BCUT2D eigenvalue weighted by atomic mass is 9.78. The standard InChI is InChI=1S/C29H38O4/c1-5-7-8-9-10-11-12-13-22(6-2)27(28(30)23-14-18-25(32-3)19-15-23)29(31)24-16-20-26(33-4)21-17-24/h6,14-22,27H,2,5,7-13H2,1,3-4H3. The molecular weight excluding hydrogens is 412 g/mol. The smallest absolute Gasteiger partial charge is 0.174 e. The van der Waals surface area contributed by atoms with Crippen molar-refractivity contribution in [1.29, 1.82) is 0 Å². The molecule has 0 aliphatic heterocycles. The molecule has 0 aliphatic carbocycles. The quantitative estimate of drug-likeness (QED) is 0.116. The number of ether oxygens (including phenoxy) is 2. The van der Waals surface area contributed by atoms with Gasteiger partial charge in [0.1, 0.15) is 11.5 Å². The first-order valence-electron chi connectivity index (χ1n) is 12.0. The van der Waals surface area contributed by atoms with Crippen LogP contribution in [-0.2, 0) is 0 Å². The Hall–Kier alpha value is -2.88. The summed E-state index contributed by atoms with van der Waals surface area (Å²) in [5.41, 5.74) is 1.02. The number of carbonyl (C=O) groups is 2. The summed E-state index contributed by atoms with van der Waals surface area (Å²) in [6.07, 6.45) is 10.9. The molecule has 0 saturated heterocycles. The minimum absolute atomic E-state index is 0.175. The van der Waals surface area contributed by atoms with E-state index in [0.717, 1.165) is 19.3 Å². The second kappa shape index (κ2) is 14.3. The number of ketones is 2. The number of Topliss-reactive ketones (excluding diaryl/α,β-unsaturated/α-hetero) is 2. The van der Waals surface area contributed by atoms with Gasteiger partial charge in [-0.05, 0) is 60.9 Å². The average Bonchev–Trinajstić information content (AvgIpc) is 2.87. The molecule has 0 radical (unpaired) electrons. The van der Waals surface area contributed by atoms with E-state index in [2.05, 4.69) is 13.5 Å². The van der Waals surface area contributed by atoms with Crippen molar-refractivity contribution in [2.24, 2.45) is 11.8 Å². The summed E-state index contributed by atoms with van der Waals surface area (Å²) in [4.78, 5) is 27.1. The highest BCUT2D eigenvalue weighted by Gasteiger charge is 2.34. The molecule has 0 heterocycles. The van der Waals surface area contributed by atoms with Gasteiger partial charge in [0, 0.05) is 11.1 Å². The van der Waals surface area contributed by atoms with E-state index in [4.69, 9.17) is 9.47 Å². The predicted molar refractivity (Wildman–Crippen MR) is 134 cm³/mol. The Morgan fingerprint density at radius 3 is 1.58 bits per heavy atom. The van der Waals surface area contributed by atoms with E-state index in [9.17, 15) is 9.59 Å². The first-order valence-corrected chi connectivity index (χ1v) is 12.0. The number of carbonyl (C=O) groups excluding carboxylic acids is 2. The fourth-order valence-electron chi connectivity index (χ4n) is 4.14. The van der Waals surface area contributed by atoms with Gasteiger partial charge in [0.15, 0.2) is 11.6 Å². The molecule has 2 aromatic rings. The number of benzene rings is 2. The third-order valence-corrected chi connectivity index (χ3v) is 6.19. The van der Waals surface area contributed by atoms with Crippen molar-refractivity contribution in [2.75, 3.05) is 14.2 Å². The number of allylic oxidation sites excluding steroid dienone is 1. The molecule has 0 amide bonds. The van der Waals surface area contributed by atoms with Gasteiger partial charge >= 0.3 is 0 Å². The first kappa shape index (κ1) is 26.4. The van der Waals surface area contributed by atoms with Gasteiger partial charge in [-0.15, -0.1) is 6.58 Å². The Balaban J connectivity index is 2.20. The van der Waals surface area contributed by atoms with Crippen molar-refractivity contribution in [2.45, 2.75) is 58.3 Å². The molecule has 0 aromatic heterocycles. The van der Waals surface area contributed by atoms with Gasteiger partial charge in [0.05, 0.1) is 20.1 Å².